The Morgan fingerprint density at radius 1 is 0.973 bits per heavy atom. The van der Waals surface area contributed by atoms with Crippen molar-refractivity contribution in [3.63, 3.8) is 0 Å². The number of nitrogens with zero attached hydrogens (tertiary/aromatic N) is 4. The molecule has 0 aliphatic rings. The predicted molar refractivity (Wildman–Crippen MR) is 140 cm³/mol. The Morgan fingerprint density at radius 2 is 1.65 bits per heavy atom. The number of hydrogen-bond donors (Lipinski definition) is 1. The quantitative estimate of drug-likeness (QED) is 0.234. The molecule has 0 unspecified atom stereocenters. The highest BCUT2D eigenvalue weighted by Crippen LogP contribution is 2.27. The molecule has 37 heavy (non-hydrogen) atoms. The zero-order chi connectivity index (χ0) is 26.0. The molecule has 1 heterocycles. The van der Waals surface area contributed by atoms with E-state index in [1.807, 2.05) is 48.5 Å². The molecule has 1 N–H and O–H groups in total. The molecule has 0 aliphatic heterocycles. The molecule has 4 rings (SSSR count). The average Bonchev–Trinajstić information content (AvgIpc) is 3.34. The van der Waals surface area contributed by atoms with Crippen LogP contribution in [0.1, 0.15) is 12.0 Å². The maximum absolute atomic E-state index is 12.9. The molecule has 1 amide bonds. The van der Waals surface area contributed by atoms with Crippen molar-refractivity contribution >= 4 is 17.7 Å². The van der Waals surface area contributed by atoms with E-state index < -0.39 is 5.91 Å². The van der Waals surface area contributed by atoms with Gasteiger partial charge in [0.05, 0.1) is 31.8 Å². The molecule has 8 heteroatoms. The molecule has 182 valence electrons. The van der Waals surface area contributed by atoms with Gasteiger partial charge in [-0.05, 0) is 66.7 Å². The second kappa shape index (κ2) is 11.9. The van der Waals surface area contributed by atoms with Gasteiger partial charge < -0.3 is 14.8 Å². The van der Waals surface area contributed by atoms with Crippen LogP contribution in [0.25, 0.3) is 17.3 Å². The number of aryl methyl sites for hydroxylation is 1. The van der Waals surface area contributed by atoms with Gasteiger partial charge in [0.15, 0.2) is 0 Å². The number of ether oxygens (including phenoxy) is 2. The zero-order valence-electron chi connectivity index (χ0n) is 20.1. The van der Waals surface area contributed by atoms with Crippen molar-refractivity contribution < 1.29 is 14.3 Å². The van der Waals surface area contributed by atoms with Crippen LogP contribution in [0.2, 0.25) is 0 Å². The van der Waals surface area contributed by atoms with Crippen LogP contribution in [0.4, 0.5) is 5.69 Å². The standard InChI is InChI=1S/C29H23N5O3/c1-36-25-12-8-21(9-13-25)28-23(20-34(33-28)17-5-16-30)18-22(19-31)29(35)32-24-10-14-27(15-11-24)37-26-6-3-2-4-7-26/h2-4,6-15,18,20H,5,17H2,1H3,(H,32,35)/b22-18+. The van der Waals surface area contributed by atoms with E-state index >= 15 is 0 Å². The monoisotopic (exact) mass is 489 g/mol. The topological polar surface area (TPSA) is 113 Å². The van der Waals surface area contributed by atoms with Crippen LogP contribution < -0.4 is 14.8 Å². The number of carbonyl (C=O) groups is 1. The Morgan fingerprint density at radius 3 is 2.30 bits per heavy atom. The molecule has 0 radical (unpaired) electrons. The van der Waals surface area contributed by atoms with Gasteiger partial charge >= 0.3 is 0 Å². The largest absolute Gasteiger partial charge is 0.497 e. The number of rotatable bonds is 9. The highest BCUT2D eigenvalue weighted by atomic mass is 16.5. The number of carbonyl (C=O) groups excluding carboxylic acids is 1. The van der Waals surface area contributed by atoms with Gasteiger partial charge in [0, 0.05) is 23.0 Å². The van der Waals surface area contributed by atoms with Crippen LogP contribution in [0.3, 0.4) is 0 Å². The Bertz CT molecular complexity index is 1480. The molecular formula is C29H23N5O3. The zero-order valence-corrected chi connectivity index (χ0v) is 20.1. The summed E-state index contributed by atoms with van der Waals surface area (Å²) in [4.78, 5) is 12.9. The average molecular weight is 490 g/mol. The van der Waals surface area contributed by atoms with E-state index in [1.165, 1.54) is 6.08 Å². The van der Waals surface area contributed by atoms with Crippen molar-refractivity contribution in [1.82, 2.24) is 9.78 Å². The summed E-state index contributed by atoms with van der Waals surface area (Å²) < 4.78 is 12.6. The molecule has 0 aliphatic carbocycles. The first-order chi connectivity index (χ1) is 18.1. The highest BCUT2D eigenvalue weighted by molar-refractivity contribution is 6.10. The fourth-order valence-electron chi connectivity index (χ4n) is 3.53. The summed E-state index contributed by atoms with van der Waals surface area (Å²) in [6.07, 6.45) is 3.50. The normalized spacial score (nSPS) is 10.7. The van der Waals surface area contributed by atoms with Crippen LogP contribution in [0.5, 0.6) is 17.2 Å². The number of hydrogen-bond acceptors (Lipinski definition) is 6. The van der Waals surface area contributed by atoms with Gasteiger partial charge in [0.2, 0.25) is 0 Å². The lowest BCUT2D eigenvalue weighted by Gasteiger charge is -2.08. The van der Waals surface area contributed by atoms with Crippen LogP contribution in [0.15, 0.2) is 90.6 Å². The number of para-hydroxylation sites is 1. The molecule has 0 saturated heterocycles. The van der Waals surface area contributed by atoms with Gasteiger partial charge in [-0.3, -0.25) is 9.48 Å². The molecule has 0 spiro atoms. The van der Waals surface area contributed by atoms with E-state index in [-0.39, 0.29) is 12.0 Å². The summed E-state index contributed by atoms with van der Waals surface area (Å²) in [5, 5.41) is 26.0. The van der Waals surface area contributed by atoms with Gasteiger partial charge in [-0.15, -0.1) is 0 Å². The summed E-state index contributed by atoms with van der Waals surface area (Å²) >= 11 is 0. The van der Waals surface area contributed by atoms with Crippen LogP contribution in [-0.2, 0) is 11.3 Å². The summed E-state index contributed by atoms with van der Waals surface area (Å²) in [5.41, 5.74) is 2.39. The molecule has 4 aromatic rings. The van der Waals surface area contributed by atoms with Crippen molar-refractivity contribution in [1.29, 1.82) is 10.5 Å². The molecule has 3 aromatic carbocycles. The fraction of sp³-hybridized carbons (Fsp3) is 0.103. The van der Waals surface area contributed by atoms with E-state index in [9.17, 15) is 10.1 Å². The SMILES string of the molecule is COc1ccc(-c2nn(CCC#N)cc2/C=C(\C#N)C(=O)Nc2ccc(Oc3ccccc3)cc2)cc1. The lowest BCUT2D eigenvalue weighted by molar-refractivity contribution is -0.112. The summed E-state index contributed by atoms with van der Waals surface area (Å²) in [7, 11) is 1.58. The van der Waals surface area contributed by atoms with Crippen molar-refractivity contribution in [3.05, 3.63) is 96.2 Å². The first-order valence-electron chi connectivity index (χ1n) is 11.4. The van der Waals surface area contributed by atoms with Crippen LogP contribution in [-0.4, -0.2) is 22.8 Å². The number of benzene rings is 3. The Balaban J connectivity index is 1.55. The first kappa shape index (κ1) is 24.8. The van der Waals surface area contributed by atoms with Crippen molar-refractivity contribution in [2.45, 2.75) is 13.0 Å². The minimum atomic E-state index is -0.551. The molecule has 1 aromatic heterocycles. The van der Waals surface area contributed by atoms with E-state index in [2.05, 4.69) is 16.5 Å². The molecule has 0 bridgehead atoms. The second-order valence-corrected chi connectivity index (χ2v) is 7.90. The maximum Gasteiger partial charge on any atom is 0.266 e. The van der Waals surface area contributed by atoms with E-state index in [0.717, 1.165) is 5.56 Å². The van der Waals surface area contributed by atoms with Gasteiger partial charge in [-0.1, -0.05) is 18.2 Å². The minimum absolute atomic E-state index is 0.0841. The maximum atomic E-state index is 12.9. The number of amides is 1. The summed E-state index contributed by atoms with van der Waals surface area (Å²) in [5.74, 6) is 1.47. The van der Waals surface area contributed by atoms with E-state index in [1.54, 1.807) is 54.4 Å². The van der Waals surface area contributed by atoms with Crippen molar-refractivity contribution in [2.24, 2.45) is 0 Å². The number of anilines is 1. The number of methoxy groups -OCH3 is 1. The van der Waals surface area contributed by atoms with Gasteiger partial charge in [-0.2, -0.15) is 15.6 Å². The molecule has 0 fully saturated rings. The molecule has 8 nitrogen and oxygen atoms in total. The molecule has 0 saturated carbocycles. The fourth-order valence-corrected chi connectivity index (χ4v) is 3.53. The van der Waals surface area contributed by atoms with Crippen molar-refractivity contribution in [3.8, 4) is 40.6 Å². The van der Waals surface area contributed by atoms with Gasteiger partial charge in [0.25, 0.3) is 5.91 Å². The summed E-state index contributed by atoms with van der Waals surface area (Å²) in [6.45, 7) is 0.388. The first-order valence-corrected chi connectivity index (χ1v) is 11.4. The smallest absolute Gasteiger partial charge is 0.266 e. The van der Waals surface area contributed by atoms with Gasteiger partial charge in [-0.25, -0.2) is 0 Å². The third-order valence-electron chi connectivity index (χ3n) is 5.36. The third kappa shape index (κ3) is 6.41. The second-order valence-electron chi connectivity index (χ2n) is 7.90. The van der Waals surface area contributed by atoms with Crippen LogP contribution >= 0.6 is 0 Å². The summed E-state index contributed by atoms with van der Waals surface area (Å²) in [6, 6.07) is 27.6. The lowest BCUT2D eigenvalue weighted by Crippen LogP contribution is -2.13. The lowest BCUT2D eigenvalue weighted by atomic mass is 10.1. The van der Waals surface area contributed by atoms with E-state index in [0.29, 0.717) is 40.7 Å². The Kier molecular flexibility index (Phi) is 7.95. The minimum Gasteiger partial charge on any atom is -0.497 e. The molecule has 0 atom stereocenters. The molecular weight excluding hydrogens is 466 g/mol. The number of nitriles is 2. The third-order valence-corrected chi connectivity index (χ3v) is 5.36. The van der Waals surface area contributed by atoms with Crippen LogP contribution in [0, 0.1) is 22.7 Å². The highest BCUT2D eigenvalue weighted by Gasteiger charge is 2.15. The predicted octanol–water partition coefficient (Wildman–Crippen LogP) is 5.81. The Labute approximate surface area is 214 Å². The number of aromatic nitrogens is 2. The number of nitrogens with one attached hydrogen (secondary N) is 1. The Hall–Kier alpha value is -5.34. The van der Waals surface area contributed by atoms with Gasteiger partial charge in [0.1, 0.15) is 28.9 Å². The van der Waals surface area contributed by atoms with E-state index in [4.69, 9.17) is 14.7 Å². The van der Waals surface area contributed by atoms with Crippen molar-refractivity contribution in [2.75, 3.05) is 12.4 Å².